The first-order chi connectivity index (χ1) is 14.2. The zero-order valence-electron chi connectivity index (χ0n) is 15.5. The van der Waals surface area contributed by atoms with Crippen molar-refractivity contribution in [3.05, 3.63) is 70.7 Å². The van der Waals surface area contributed by atoms with E-state index < -0.39 is 0 Å². The Hall–Kier alpha value is -3.16. The Morgan fingerprint density at radius 2 is 2.00 bits per heavy atom. The van der Waals surface area contributed by atoms with Crippen LogP contribution in [0.1, 0.15) is 17.3 Å². The molecule has 0 aliphatic rings. The number of aromatic amines is 1. The second-order valence-electron chi connectivity index (χ2n) is 6.09. The number of carbonyl (C=O) groups is 1. The summed E-state index contributed by atoms with van der Waals surface area (Å²) in [7, 11) is 0. The van der Waals surface area contributed by atoms with Crippen LogP contribution in [0.25, 0.3) is 22.5 Å². The average molecular weight is 425 g/mol. The van der Waals surface area contributed by atoms with E-state index >= 15 is 0 Å². The number of nitrogens with one attached hydrogen (secondary N) is 2. The van der Waals surface area contributed by atoms with Gasteiger partial charge in [-0.2, -0.15) is 5.10 Å². The highest BCUT2D eigenvalue weighted by atomic mass is 35.5. The van der Waals surface area contributed by atoms with Crippen molar-refractivity contribution in [3.63, 3.8) is 0 Å². The number of hydrogen-bond acceptors (Lipinski definition) is 5. The first-order valence-electron chi connectivity index (χ1n) is 8.94. The Morgan fingerprint density at radius 1 is 1.21 bits per heavy atom. The normalized spacial score (nSPS) is 10.7. The molecular formula is C21H17ClN4O2S. The van der Waals surface area contributed by atoms with E-state index in [2.05, 4.69) is 20.5 Å². The maximum absolute atomic E-state index is 12.8. The summed E-state index contributed by atoms with van der Waals surface area (Å²) in [4.78, 5) is 17.3. The van der Waals surface area contributed by atoms with Crippen LogP contribution < -0.4 is 10.1 Å². The van der Waals surface area contributed by atoms with Gasteiger partial charge in [-0.05, 0) is 31.2 Å². The van der Waals surface area contributed by atoms with Gasteiger partial charge in [0.05, 0.1) is 29.8 Å². The molecule has 0 spiro atoms. The molecule has 0 saturated heterocycles. The lowest BCUT2D eigenvalue weighted by Crippen LogP contribution is -2.12. The quantitative estimate of drug-likeness (QED) is 0.428. The molecule has 29 heavy (non-hydrogen) atoms. The van der Waals surface area contributed by atoms with Gasteiger partial charge >= 0.3 is 0 Å². The van der Waals surface area contributed by atoms with Gasteiger partial charge in [-0.1, -0.05) is 35.9 Å². The number of anilines is 1. The smallest absolute Gasteiger partial charge is 0.261 e. The summed E-state index contributed by atoms with van der Waals surface area (Å²) in [5.41, 5.74) is 3.51. The van der Waals surface area contributed by atoms with Crippen molar-refractivity contribution in [1.29, 1.82) is 0 Å². The summed E-state index contributed by atoms with van der Waals surface area (Å²) in [6.45, 7) is 2.51. The second kappa shape index (κ2) is 8.46. The van der Waals surface area contributed by atoms with Crippen LogP contribution in [0.3, 0.4) is 0 Å². The third kappa shape index (κ3) is 4.16. The van der Waals surface area contributed by atoms with Crippen LogP contribution in [-0.4, -0.2) is 27.7 Å². The number of benzene rings is 2. The van der Waals surface area contributed by atoms with Gasteiger partial charge in [0.1, 0.15) is 5.75 Å². The Bertz CT molecular complexity index is 1140. The van der Waals surface area contributed by atoms with E-state index in [1.165, 1.54) is 17.5 Å². The predicted octanol–water partition coefficient (Wildman–Crippen LogP) is 5.50. The van der Waals surface area contributed by atoms with Crippen molar-refractivity contribution in [1.82, 2.24) is 15.2 Å². The zero-order chi connectivity index (χ0) is 20.2. The zero-order valence-corrected chi connectivity index (χ0v) is 17.1. The van der Waals surface area contributed by atoms with Gasteiger partial charge in [-0.3, -0.25) is 15.2 Å². The number of para-hydroxylation sites is 1. The van der Waals surface area contributed by atoms with E-state index in [0.717, 1.165) is 22.6 Å². The third-order valence-electron chi connectivity index (χ3n) is 4.20. The molecule has 6 nitrogen and oxygen atoms in total. The standard InChI is InChI=1S/C21H17ClN4O2S/c1-2-28-18-6-4-3-5-15(18)17-12-29-21(24-17)25-20(27)16-11-23-26-19(16)13-7-9-14(22)10-8-13/h3-12H,2H2,1H3,(H,23,26)(H,24,25,27). The molecular weight excluding hydrogens is 408 g/mol. The minimum absolute atomic E-state index is 0.289. The molecule has 0 unspecified atom stereocenters. The number of aromatic nitrogens is 3. The number of thiazole rings is 1. The van der Waals surface area contributed by atoms with Crippen LogP contribution in [0.5, 0.6) is 5.75 Å². The van der Waals surface area contributed by atoms with E-state index in [9.17, 15) is 4.79 Å². The fourth-order valence-corrected chi connectivity index (χ4v) is 3.71. The molecule has 2 heterocycles. The van der Waals surface area contributed by atoms with E-state index in [1.54, 1.807) is 12.1 Å². The van der Waals surface area contributed by atoms with Crippen molar-refractivity contribution in [2.24, 2.45) is 0 Å². The molecule has 0 aliphatic heterocycles. The number of amides is 1. The monoisotopic (exact) mass is 424 g/mol. The minimum Gasteiger partial charge on any atom is -0.493 e. The van der Waals surface area contributed by atoms with E-state index in [0.29, 0.717) is 28.0 Å². The fraction of sp³-hybridized carbons (Fsp3) is 0.0952. The molecule has 4 rings (SSSR count). The SMILES string of the molecule is CCOc1ccccc1-c1csc(NC(=O)c2cn[nH]c2-c2ccc(Cl)cc2)n1. The van der Waals surface area contributed by atoms with E-state index in [-0.39, 0.29) is 5.91 Å². The summed E-state index contributed by atoms with van der Waals surface area (Å²) < 4.78 is 5.67. The summed E-state index contributed by atoms with van der Waals surface area (Å²) >= 11 is 7.30. The van der Waals surface area contributed by atoms with Crippen molar-refractivity contribution in [3.8, 4) is 28.3 Å². The number of ether oxygens (including phenoxy) is 1. The molecule has 0 fully saturated rings. The van der Waals surface area contributed by atoms with Gasteiger partial charge in [0.25, 0.3) is 5.91 Å². The van der Waals surface area contributed by atoms with E-state index in [4.69, 9.17) is 16.3 Å². The summed E-state index contributed by atoms with van der Waals surface area (Å²) in [6, 6.07) is 14.9. The maximum atomic E-state index is 12.8. The van der Waals surface area contributed by atoms with Crippen molar-refractivity contribution < 1.29 is 9.53 Å². The number of rotatable bonds is 6. The van der Waals surface area contributed by atoms with Crippen LogP contribution in [0.15, 0.2) is 60.1 Å². The van der Waals surface area contributed by atoms with Crippen LogP contribution >= 0.6 is 22.9 Å². The van der Waals surface area contributed by atoms with Crippen LogP contribution in [-0.2, 0) is 0 Å². The highest BCUT2D eigenvalue weighted by Crippen LogP contribution is 2.32. The Kier molecular flexibility index (Phi) is 5.59. The second-order valence-corrected chi connectivity index (χ2v) is 7.38. The Morgan fingerprint density at radius 3 is 2.79 bits per heavy atom. The van der Waals surface area contributed by atoms with Gasteiger partial charge in [0, 0.05) is 21.5 Å². The average Bonchev–Trinajstić information content (AvgIpc) is 3.39. The van der Waals surface area contributed by atoms with Crippen LogP contribution in [0.4, 0.5) is 5.13 Å². The van der Waals surface area contributed by atoms with Crippen molar-refractivity contribution in [2.75, 3.05) is 11.9 Å². The number of carbonyl (C=O) groups excluding carboxylic acids is 1. The highest BCUT2D eigenvalue weighted by molar-refractivity contribution is 7.14. The molecule has 0 saturated carbocycles. The van der Waals surface area contributed by atoms with Crippen molar-refractivity contribution >= 4 is 34.0 Å². The highest BCUT2D eigenvalue weighted by Gasteiger charge is 2.17. The van der Waals surface area contributed by atoms with Crippen molar-refractivity contribution in [2.45, 2.75) is 6.92 Å². The number of H-pyrrole nitrogens is 1. The molecule has 2 aromatic heterocycles. The van der Waals surface area contributed by atoms with Gasteiger partial charge in [0.15, 0.2) is 5.13 Å². The third-order valence-corrected chi connectivity index (χ3v) is 5.21. The van der Waals surface area contributed by atoms with Gasteiger partial charge in [-0.15, -0.1) is 11.3 Å². The van der Waals surface area contributed by atoms with Crippen LogP contribution in [0, 0.1) is 0 Å². The minimum atomic E-state index is -0.289. The molecule has 146 valence electrons. The van der Waals surface area contributed by atoms with Gasteiger partial charge in [0.2, 0.25) is 0 Å². The van der Waals surface area contributed by atoms with Gasteiger partial charge in [-0.25, -0.2) is 4.98 Å². The largest absolute Gasteiger partial charge is 0.493 e. The lowest BCUT2D eigenvalue weighted by Gasteiger charge is -2.07. The summed E-state index contributed by atoms with van der Waals surface area (Å²) in [5.74, 6) is 0.473. The van der Waals surface area contributed by atoms with Gasteiger partial charge < -0.3 is 4.74 Å². The van der Waals surface area contributed by atoms with E-state index in [1.807, 2.05) is 48.7 Å². The Labute approximate surface area is 176 Å². The first-order valence-corrected chi connectivity index (χ1v) is 10.2. The molecule has 2 aromatic carbocycles. The summed E-state index contributed by atoms with van der Waals surface area (Å²) in [5, 5.41) is 12.8. The van der Waals surface area contributed by atoms with Crippen LogP contribution in [0.2, 0.25) is 5.02 Å². The molecule has 8 heteroatoms. The number of nitrogens with zero attached hydrogens (tertiary/aromatic N) is 2. The first kappa shape index (κ1) is 19.2. The molecule has 0 aliphatic carbocycles. The molecule has 0 radical (unpaired) electrons. The topological polar surface area (TPSA) is 79.9 Å². The Balaban J connectivity index is 1.56. The molecule has 2 N–H and O–H groups in total. The predicted molar refractivity (Wildman–Crippen MR) is 116 cm³/mol. The lowest BCUT2D eigenvalue weighted by molar-refractivity contribution is 0.102. The lowest BCUT2D eigenvalue weighted by atomic mass is 10.1. The molecule has 4 aromatic rings. The number of halogens is 1. The molecule has 0 atom stereocenters. The molecule has 1 amide bonds. The number of hydrogen-bond donors (Lipinski definition) is 2. The molecule has 0 bridgehead atoms. The maximum Gasteiger partial charge on any atom is 0.261 e. The summed E-state index contributed by atoms with van der Waals surface area (Å²) in [6.07, 6.45) is 1.50. The fourth-order valence-electron chi connectivity index (χ4n) is 2.87.